The molecule has 2 atom stereocenters. The van der Waals surface area contributed by atoms with Crippen molar-refractivity contribution in [3.63, 3.8) is 0 Å². The van der Waals surface area contributed by atoms with E-state index in [2.05, 4.69) is 10.6 Å². The molecule has 0 saturated carbocycles. The molecule has 35 heavy (non-hydrogen) atoms. The quantitative estimate of drug-likeness (QED) is 0.523. The van der Waals surface area contributed by atoms with Crippen LogP contribution in [0.4, 0.5) is 4.79 Å². The molecular weight excluding hydrogens is 448 g/mol. The van der Waals surface area contributed by atoms with Crippen molar-refractivity contribution in [2.24, 2.45) is 0 Å². The summed E-state index contributed by atoms with van der Waals surface area (Å²) in [5.74, 6) is -2.01. The van der Waals surface area contributed by atoms with Gasteiger partial charge in [-0.05, 0) is 63.8 Å². The number of carbonyl (C=O) groups is 3. The number of hydrogen-bond acceptors (Lipinski definition) is 5. The van der Waals surface area contributed by atoms with Gasteiger partial charge in [0.1, 0.15) is 18.2 Å². The van der Waals surface area contributed by atoms with Crippen LogP contribution in [0.2, 0.25) is 0 Å². The molecule has 2 aromatic rings. The Bertz CT molecular complexity index is 1060. The number of nitrogens with one attached hydrogen (secondary N) is 2. The number of carboxylic acids is 1. The Morgan fingerprint density at radius 1 is 0.943 bits per heavy atom. The standard InChI is InChI=1S/C27H34N2O6/c1-16(35-26(2,3)4)22(23(30)29-27(5,6)24(31)32)28-25(33)34-15-21-19-13-9-7-11-17(19)18-12-8-10-14-20(18)21/h7-14,16,21-22H,15H2,1-6H3,(H,28,33)(H,29,30)(H,31,32)/t16-,22+/m1/s1. The highest BCUT2D eigenvalue weighted by molar-refractivity contribution is 5.91. The summed E-state index contributed by atoms with van der Waals surface area (Å²) in [4.78, 5) is 37.3. The fourth-order valence-electron chi connectivity index (χ4n) is 4.23. The van der Waals surface area contributed by atoms with Gasteiger partial charge >= 0.3 is 12.1 Å². The topological polar surface area (TPSA) is 114 Å². The molecule has 0 aromatic heterocycles. The molecule has 0 saturated heterocycles. The molecule has 8 heteroatoms. The van der Waals surface area contributed by atoms with E-state index in [-0.39, 0.29) is 12.5 Å². The van der Waals surface area contributed by atoms with Crippen molar-refractivity contribution in [1.29, 1.82) is 0 Å². The van der Waals surface area contributed by atoms with Crippen LogP contribution >= 0.6 is 0 Å². The van der Waals surface area contributed by atoms with Crippen molar-refractivity contribution in [2.45, 2.75) is 70.7 Å². The minimum absolute atomic E-state index is 0.0866. The Balaban J connectivity index is 1.74. The Hall–Kier alpha value is -3.39. The number of aliphatic carboxylic acids is 1. The van der Waals surface area contributed by atoms with Crippen LogP contribution in [-0.2, 0) is 19.1 Å². The third-order valence-corrected chi connectivity index (χ3v) is 5.88. The number of alkyl carbamates (subject to hydrolysis) is 1. The van der Waals surface area contributed by atoms with Gasteiger partial charge in [0.05, 0.1) is 11.7 Å². The van der Waals surface area contributed by atoms with Gasteiger partial charge in [0.2, 0.25) is 5.91 Å². The Labute approximate surface area is 206 Å². The number of amides is 2. The van der Waals surface area contributed by atoms with Crippen LogP contribution in [0, 0.1) is 0 Å². The predicted octanol–water partition coefficient (Wildman–Crippen LogP) is 4.08. The SMILES string of the molecule is C[C@@H](OC(C)(C)C)[C@H](NC(=O)OCC1c2ccccc2-c2ccccc21)C(=O)NC(C)(C)C(=O)O. The van der Waals surface area contributed by atoms with Crippen LogP contribution in [-0.4, -0.2) is 53.0 Å². The van der Waals surface area contributed by atoms with Crippen molar-refractivity contribution < 1.29 is 29.0 Å². The summed E-state index contributed by atoms with van der Waals surface area (Å²) < 4.78 is 11.5. The summed E-state index contributed by atoms with van der Waals surface area (Å²) in [6.07, 6.45) is -1.54. The first-order chi connectivity index (χ1) is 16.3. The number of fused-ring (bicyclic) bond motifs is 3. The zero-order chi connectivity index (χ0) is 26.0. The first-order valence-corrected chi connectivity index (χ1v) is 11.6. The van der Waals surface area contributed by atoms with Crippen molar-refractivity contribution in [2.75, 3.05) is 6.61 Å². The highest BCUT2D eigenvalue weighted by atomic mass is 16.6. The van der Waals surface area contributed by atoms with Gasteiger partial charge in [-0.3, -0.25) is 4.79 Å². The second kappa shape index (κ2) is 10.1. The minimum atomic E-state index is -1.53. The first-order valence-electron chi connectivity index (χ1n) is 11.6. The zero-order valence-corrected chi connectivity index (χ0v) is 21.0. The highest BCUT2D eigenvalue weighted by Crippen LogP contribution is 2.44. The van der Waals surface area contributed by atoms with Crippen LogP contribution in [0.5, 0.6) is 0 Å². The van der Waals surface area contributed by atoms with Crippen molar-refractivity contribution in [3.05, 3.63) is 59.7 Å². The van der Waals surface area contributed by atoms with E-state index < -0.39 is 41.3 Å². The lowest BCUT2D eigenvalue weighted by molar-refractivity contribution is -0.147. The predicted molar refractivity (Wildman–Crippen MR) is 132 cm³/mol. The third-order valence-electron chi connectivity index (χ3n) is 5.88. The van der Waals surface area contributed by atoms with E-state index in [1.54, 1.807) is 6.92 Å². The summed E-state index contributed by atoms with van der Waals surface area (Å²) >= 11 is 0. The Morgan fingerprint density at radius 2 is 1.46 bits per heavy atom. The van der Waals surface area contributed by atoms with Crippen molar-refractivity contribution in [3.8, 4) is 11.1 Å². The van der Waals surface area contributed by atoms with Gasteiger partial charge in [-0.25, -0.2) is 9.59 Å². The van der Waals surface area contributed by atoms with E-state index in [1.165, 1.54) is 13.8 Å². The molecule has 0 fully saturated rings. The van der Waals surface area contributed by atoms with Crippen LogP contribution < -0.4 is 10.6 Å². The van der Waals surface area contributed by atoms with Crippen LogP contribution in [0.3, 0.4) is 0 Å². The molecule has 8 nitrogen and oxygen atoms in total. The van der Waals surface area contributed by atoms with Crippen molar-refractivity contribution >= 4 is 18.0 Å². The molecule has 0 heterocycles. The second-order valence-corrected chi connectivity index (χ2v) is 10.3. The molecule has 0 bridgehead atoms. The zero-order valence-electron chi connectivity index (χ0n) is 21.0. The smallest absolute Gasteiger partial charge is 0.407 e. The van der Waals surface area contributed by atoms with Crippen molar-refractivity contribution in [1.82, 2.24) is 10.6 Å². The van der Waals surface area contributed by atoms with Gasteiger partial charge in [-0.2, -0.15) is 0 Å². The Morgan fingerprint density at radius 3 is 1.94 bits per heavy atom. The molecule has 1 aliphatic carbocycles. The maximum atomic E-state index is 13.0. The number of rotatable bonds is 8. The molecular formula is C27H34N2O6. The van der Waals surface area contributed by atoms with E-state index >= 15 is 0 Å². The molecule has 0 spiro atoms. The minimum Gasteiger partial charge on any atom is -0.480 e. The van der Waals surface area contributed by atoms with Crippen LogP contribution in [0.25, 0.3) is 11.1 Å². The Kier molecular flexibility index (Phi) is 7.55. The fourth-order valence-corrected chi connectivity index (χ4v) is 4.23. The molecule has 1 aliphatic rings. The van der Waals surface area contributed by atoms with E-state index in [0.29, 0.717) is 0 Å². The normalized spacial score (nSPS) is 14.9. The number of hydrogen-bond donors (Lipinski definition) is 3. The molecule has 0 unspecified atom stereocenters. The maximum absolute atomic E-state index is 13.0. The van der Waals surface area contributed by atoms with Gasteiger partial charge in [0.25, 0.3) is 0 Å². The van der Waals surface area contributed by atoms with Gasteiger partial charge < -0.3 is 25.2 Å². The molecule has 3 rings (SSSR count). The molecule has 2 aromatic carbocycles. The largest absolute Gasteiger partial charge is 0.480 e. The lowest BCUT2D eigenvalue weighted by Crippen LogP contribution is -2.60. The lowest BCUT2D eigenvalue weighted by Gasteiger charge is -2.32. The molecule has 188 valence electrons. The number of carboxylic acid groups (broad SMARTS) is 1. The monoisotopic (exact) mass is 482 g/mol. The van der Waals surface area contributed by atoms with E-state index in [9.17, 15) is 19.5 Å². The molecule has 2 amide bonds. The van der Waals surface area contributed by atoms with E-state index in [0.717, 1.165) is 22.3 Å². The number of carbonyl (C=O) groups excluding carboxylic acids is 2. The van der Waals surface area contributed by atoms with E-state index in [1.807, 2.05) is 69.3 Å². The van der Waals surface area contributed by atoms with Crippen LogP contribution in [0.15, 0.2) is 48.5 Å². The number of benzene rings is 2. The summed E-state index contributed by atoms with van der Waals surface area (Å²) in [6, 6.07) is 14.8. The lowest BCUT2D eigenvalue weighted by atomic mass is 9.98. The molecule has 0 aliphatic heterocycles. The van der Waals surface area contributed by atoms with Gasteiger partial charge in [-0.15, -0.1) is 0 Å². The van der Waals surface area contributed by atoms with Gasteiger partial charge in [0, 0.05) is 5.92 Å². The molecule has 0 radical (unpaired) electrons. The average molecular weight is 483 g/mol. The number of ether oxygens (including phenoxy) is 2. The van der Waals surface area contributed by atoms with Gasteiger partial charge in [0.15, 0.2) is 0 Å². The fraction of sp³-hybridized carbons (Fsp3) is 0.444. The van der Waals surface area contributed by atoms with Gasteiger partial charge in [-0.1, -0.05) is 48.5 Å². The third kappa shape index (κ3) is 6.19. The molecule has 3 N–H and O–H groups in total. The summed E-state index contributed by atoms with van der Waals surface area (Å²) in [5.41, 5.74) is 2.24. The maximum Gasteiger partial charge on any atom is 0.407 e. The second-order valence-electron chi connectivity index (χ2n) is 10.3. The first kappa shape index (κ1) is 26.2. The summed E-state index contributed by atoms with van der Waals surface area (Å²) in [7, 11) is 0. The highest BCUT2D eigenvalue weighted by Gasteiger charge is 2.37. The van der Waals surface area contributed by atoms with E-state index in [4.69, 9.17) is 9.47 Å². The van der Waals surface area contributed by atoms with Crippen LogP contribution in [0.1, 0.15) is 58.6 Å². The summed E-state index contributed by atoms with van der Waals surface area (Å²) in [6.45, 7) is 9.95. The summed E-state index contributed by atoms with van der Waals surface area (Å²) in [5, 5.41) is 14.4. The average Bonchev–Trinajstić information content (AvgIpc) is 3.08.